The van der Waals surface area contributed by atoms with Gasteiger partial charge >= 0.3 is 0 Å². The van der Waals surface area contributed by atoms with Gasteiger partial charge in [0.2, 0.25) is 0 Å². The number of carbonyl (C=O) groups is 1. The first kappa shape index (κ1) is 18.4. The van der Waals surface area contributed by atoms with Crippen molar-refractivity contribution < 1.29 is 9.53 Å². The Morgan fingerprint density at radius 3 is 2.60 bits per heavy atom. The predicted molar refractivity (Wildman–Crippen MR) is 101 cm³/mol. The van der Waals surface area contributed by atoms with Crippen molar-refractivity contribution in [3.63, 3.8) is 0 Å². The van der Waals surface area contributed by atoms with Gasteiger partial charge in [-0.1, -0.05) is 12.1 Å². The Bertz CT molecular complexity index is 579. The molecule has 0 aliphatic carbocycles. The molecule has 138 valence electrons. The van der Waals surface area contributed by atoms with Gasteiger partial charge in [-0.05, 0) is 71.3 Å². The van der Waals surface area contributed by atoms with Crippen LogP contribution in [-0.2, 0) is 0 Å². The highest BCUT2D eigenvalue weighted by atomic mass is 16.5. The second-order valence-corrected chi connectivity index (χ2v) is 7.79. The number of carbonyl (C=O) groups excluding carboxylic acids is 1. The van der Waals surface area contributed by atoms with E-state index >= 15 is 0 Å². The van der Waals surface area contributed by atoms with Crippen LogP contribution in [0.4, 0.5) is 0 Å². The lowest BCUT2D eigenvalue weighted by Crippen LogP contribution is -2.50. The highest BCUT2D eigenvalue weighted by Crippen LogP contribution is 2.27. The van der Waals surface area contributed by atoms with E-state index in [0.717, 1.165) is 37.2 Å². The Balaban J connectivity index is 1.60. The van der Waals surface area contributed by atoms with Gasteiger partial charge in [-0.2, -0.15) is 0 Å². The van der Waals surface area contributed by atoms with Crippen molar-refractivity contribution in [2.45, 2.75) is 51.6 Å². The number of Topliss-reactive ketones (excluding diaryl/α,β-unsaturated/α-hetero) is 1. The van der Waals surface area contributed by atoms with Gasteiger partial charge < -0.3 is 9.64 Å². The lowest BCUT2D eigenvalue weighted by molar-refractivity contribution is 0.0544. The molecule has 0 bridgehead atoms. The highest BCUT2D eigenvalue weighted by molar-refractivity contribution is 5.98. The Hall–Kier alpha value is -1.39. The molecule has 25 heavy (non-hydrogen) atoms. The molecule has 1 aromatic carbocycles. The first-order valence-corrected chi connectivity index (χ1v) is 9.75. The number of piperidine rings is 2. The average Bonchev–Trinajstić information content (AvgIpc) is 2.67. The van der Waals surface area contributed by atoms with Crippen molar-refractivity contribution in [3.8, 4) is 5.75 Å². The topological polar surface area (TPSA) is 32.8 Å². The molecule has 2 aliphatic heterocycles. The maximum Gasteiger partial charge on any atom is 0.167 e. The smallest absolute Gasteiger partial charge is 0.167 e. The van der Waals surface area contributed by atoms with E-state index in [1.54, 1.807) is 7.11 Å². The van der Waals surface area contributed by atoms with E-state index in [9.17, 15) is 4.79 Å². The molecule has 0 radical (unpaired) electrons. The largest absolute Gasteiger partial charge is 0.497 e. The normalized spacial score (nSPS) is 23.8. The van der Waals surface area contributed by atoms with Gasteiger partial charge in [0.15, 0.2) is 5.78 Å². The van der Waals surface area contributed by atoms with E-state index in [0.29, 0.717) is 12.1 Å². The van der Waals surface area contributed by atoms with Crippen molar-refractivity contribution in [1.29, 1.82) is 0 Å². The molecule has 4 heteroatoms. The summed E-state index contributed by atoms with van der Waals surface area (Å²) < 4.78 is 5.27. The van der Waals surface area contributed by atoms with Crippen LogP contribution in [-0.4, -0.2) is 61.0 Å². The van der Waals surface area contributed by atoms with E-state index < -0.39 is 0 Å². The van der Waals surface area contributed by atoms with Crippen LogP contribution in [0.1, 0.15) is 49.9 Å². The molecule has 3 rings (SSSR count). The van der Waals surface area contributed by atoms with E-state index in [4.69, 9.17) is 4.74 Å². The highest BCUT2D eigenvalue weighted by Gasteiger charge is 2.32. The minimum atomic E-state index is 0.129. The van der Waals surface area contributed by atoms with Gasteiger partial charge in [-0.3, -0.25) is 9.69 Å². The summed E-state index contributed by atoms with van der Waals surface area (Å²) >= 11 is 0. The average molecular weight is 344 g/mol. The van der Waals surface area contributed by atoms with Crippen LogP contribution in [0, 0.1) is 5.92 Å². The van der Waals surface area contributed by atoms with E-state index in [-0.39, 0.29) is 11.7 Å². The number of nitrogens with zero attached hydrogens (tertiary/aromatic N) is 2. The number of likely N-dealkylation sites (tertiary alicyclic amines) is 2. The monoisotopic (exact) mass is 344 g/mol. The number of methoxy groups -OCH3 is 1. The molecule has 1 aromatic rings. The van der Waals surface area contributed by atoms with Crippen LogP contribution >= 0.6 is 0 Å². The van der Waals surface area contributed by atoms with Gasteiger partial charge in [0.1, 0.15) is 5.75 Å². The summed E-state index contributed by atoms with van der Waals surface area (Å²) in [5.41, 5.74) is 0.792. The fraction of sp³-hybridized carbons (Fsp3) is 0.667. The molecule has 2 heterocycles. The molecule has 0 aromatic heterocycles. The molecule has 4 nitrogen and oxygen atoms in total. The summed E-state index contributed by atoms with van der Waals surface area (Å²) in [6.07, 6.45) is 4.61. The van der Waals surface area contributed by atoms with E-state index in [1.165, 1.54) is 25.9 Å². The maximum absolute atomic E-state index is 12.9. The molecule has 2 fully saturated rings. The third-order valence-electron chi connectivity index (χ3n) is 5.92. The summed E-state index contributed by atoms with van der Waals surface area (Å²) in [5, 5.41) is 0. The van der Waals surface area contributed by atoms with Crippen molar-refractivity contribution >= 4 is 5.78 Å². The van der Waals surface area contributed by atoms with Gasteiger partial charge in [0.25, 0.3) is 0 Å². The van der Waals surface area contributed by atoms with E-state index in [2.05, 4.69) is 23.6 Å². The molecule has 0 spiro atoms. The van der Waals surface area contributed by atoms with Crippen LogP contribution in [0.2, 0.25) is 0 Å². The fourth-order valence-corrected chi connectivity index (χ4v) is 4.33. The number of hydrogen-bond acceptors (Lipinski definition) is 4. The molecule has 2 saturated heterocycles. The van der Waals surface area contributed by atoms with Gasteiger partial charge in [-0.15, -0.1) is 0 Å². The molecule has 0 saturated carbocycles. The number of rotatable bonds is 5. The van der Waals surface area contributed by atoms with Gasteiger partial charge in [-0.25, -0.2) is 0 Å². The zero-order chi connectivity index (χ0) is 17.8. The lowest BCUT2D eigenvalue weighted by Gasteiger charge is -2.43. The van der Waals surface area contributed by atoms with Crippen LogP contribution in [0.25, 0.3) is 0 Å². The van der Waals surface area contributed by atoms with Gasteiger partial charge in [0.05, 0.1) is 7.11 Å². The zero-order valence-electron chi connectivity index (χ0n) is 15.9. The SMILES string of the molecule is COc1cccc(C(=O)[C@H]2CCCN(C3CCN(C(C)C)CC3)C2)c1. The summed E-state index contributed by atoms with van der Waals surface area (Å²) in [6.45, 7) is 9.01. The number of ether oxygens (including phenoxy) is 1. The molecular weight excluding hydrogens is 312 g/mol. The van der Waals surface area contributed by atoms with E-state index in [1.807, 2.05) is 24.3 Å². The molecule has 2 aliphatic rings. The minimum Gasteiger partial charge on any atom is -0.497 e. The summed E-state index contributed by atoms with van der Waals surface area (Å²) in [7, 11) is 1.65. The molecule has 0 N–H and O–H groups in total. The summed E-state index contributed by atoms with van der Waals surface area (Å²) in [4.78, 5) is 18.1. The van der Waals surface area contributed by atoms with Crippen LogP contribution < -0.4 is 4.74 Å². The van der Waals surface area contributed by atoms with Gasteiger partial charge in [0, 0.05) is 30.1 Å². The Kier molecular flexibility index (Phi) is 6.13. The molecule has 0 amide bonds. The number of benzene rings is 1. The van der Waals surface area contributed by atoms with Crippen molar-refractivity contribution in [1.82, 2.24) is 9.80 Å². The summed E-state index contributed by atoms with van der Waals surface area (Å²) in [6, 6.07) is 8.90. The number of hydrogen-bond donors (Lipinski definition) is 0. The fourth-order valence-electron chi connectivity index (χ4n) is 4.33. The summed E-state index contributed by atoms with van der Waals surface area (Å²) in [5.74, 6) is 1.17. The lowest BCUT2D eigenvalue weighted by atomic mass is 9.88. The first-order chi connectivity index (χ1) is 12.1. The Morgan fingerprint density at radius 2 is 1.92 bits per heavy atom. The predicted octanol–water partition coefficient (Wildman–Crippen LogP) is 3.46. The molecule has 1 atom stereocenters. The third-order valence-corrected chi connectivity index (χ3v) is 5.92. The Morgan fingerprint density at radius 1 is 1.16 bits per heavy atom. The standard InChI is InChI=1S/C21H32N2O2/c1-16(2)22-12-9-19(10-13-22)23-11-5-7-18(15-23)21(24)17-6-4-8-20(14-17)25-3/h4,6,8,14,16,18-19H,5,7,9-13,15H2,1-3H3/t18-/m0/s1. The second-order valence-electron chi connectivity index (χ2n) is 7.79. The Labute approximate surface area is 152 Å². The van der Waals surface area contributed by atoms with Crippen LogP contribution in [0.5, 0.6) is 5.75 Å². The quantitative estimate of drug-likeness (QED) is 0.766. The van der Waals surface area contributed by atoms with Crippen molar-refractivity contribution in [2.75, 3.05) is 33.3 Å². The van der Waals surface area contributed by atoms with Crippen molar-refractivity contribution in [2.24, 2.45) is 5.92 Å². The molecular formula is C21H32N2O2. The number of ketones is 1. The molecule has 0 unspecified atom stereocenters. The van der Waals surface area contributed by atoms with Crippen LogP contribution in [0.3, 0.4) is 0 Å². The maximum atomic E-state index is 12.9. The first-order valence-electron chi connectivity index (χ1n) is 9.75. The minimum absolute atomic E-state index is 0.129. The zero-order valence-corrected chi connectivity index (χ0v) is 15.9. The third kappa shape index (κ3) is 4.42. The second kappa shape index (κ2) is 8.33. The van der Waals surface area contributed by atoms with Crippen LogP contribution in [0.15, 0.2) is 24.3 Å². The van der Waals surface area contributed by atoms with Crippen molar-refractivity contribution in [3.05, 3.63) is 29.8 Å².